The van der Waals surface area contributed by atoms with Gasteiger partial charge >= 0.3 is 0 Å². The highest BCUT2D eigenvalue weighted by atomic mass is 32.2. The third kappa shape index (κ3) is 2.87. The van der Waals surface area contributed by atoms with Crippen LogP contribution in [-0.4, -0.2) is 8.42 Å². The molecular formula is C13H10FN3O2S. The predicted molar refractivity (Wildman–Crippen MR) is 72.8 cm³/mol. The number of hydrogen-bond acceptors (Lipinski definition) is 4. The summed E-state index contributed by atoms with van der Waals surface area (Å²) in [5.74, 6) is -0.619. The minimum atomic E-state index is -3.81. The summed E-state index contributed by atoms with van der Waals surface area (Å²) in [6, 6.07) is 10.9. The second-order valence-corrected chi connectivity index (χ2v) is 5.66. The molecule has 20 heavy (non-hydrogen) atoms. The fourth-order valence-corrected chi connectivity index (χ4v) is 2.58. The van der Waals surface area contributed by atoms with Gasteiger partial charge in [0.2, 0.25) is 0 Å². The van der Waals surface area contributed by atoms with Crippen LogP contribution in [0.25, 0.3) is 0 Å². The van der Waals surface area contributed by atoms with Gasteiger partial charge in [-0.2, -0.15) is 5.26 Å². The molecule has 0 aliphatic carbocycles. The Morgan fingerprint density at radius 3 is 2.35 bits per heavy atom. The van der Waals surface area contributed by atoms with Crippen LogP contribution in [0.15, 0.2) is 47.4 Å². The molecule has 0 saturated carbocycles. The van der Waals surface area contributed by atoms with Crippen molar-refractivity contribution in [2.45, 2.75) is 4.90 Å². The number of nitriles is 1. The fraction of sp³-hybridized carbons (Fsp3) is 0. The van der Waals surface area contributed by atoms with Crippen LogP contribution < -0.4 is 10.5 Å². The lowest BCUT2D eigenvalue weighted by atomic mass is 10.2. The molecule has 0 fully saturated rings. The van der Waals surface area contributed by atoms with E-state index in [1.807, 2.05) is 6.07 Å². The molecule has 3 N–H and O–H groups in total. The van der Waals surface area contributed by atoms with E-state index < -0.39 is 15.8 Å². The van der Waals surface area contributed by atoms with E-state index in [2.05, 4.69) is 4.72 Å². The summed E-state index contributed by atoms with van der Waals surface area (Å²) in [6.45, 7) is 0. The van der Waals surface area contributed by atoms with E-state index in [0.717, 1.165) is 6.07 Å². The van der Waals surface area contributed by atoms with E-state index in [4.69, 9.17) is 11.0 Å². The molecule has 0 aliphatic rings. The Balaban J connectivity index is 2.30. The molecule has 102 valence electrons. The standard InChI is InChI=1S/C13H10FN3O2S/c14-12-6-3-10(7-13(12)16)17-20(18,19)11-4-1-9(8-15)2-5-11/h1-7,17H,16H2. The highest BCUT2D eigenvalue weighted by molar-refractivity contribution is 7.92. The molecule has 0 unspecified atom stereocenters. The molecule has 0 radical (unpaired) electrons. The number of sulfonamides is 1. The van der Waals surface area contributed by atoms with Crippen molar-refractivity contribution in [1.82, 2.24) is 0 Å². The number of nitrogens with two attached hydrogens (primary N) is 1. The molecule has 0 bridgehead atoms. The van der Waals surface area contributed by atoms with Crippen LogP contribution in [0.5, 0.6) is 0 Å². The van der Waals surface area contributed by atoms with Crippen LogP contribution in [0, 0.1) is 17.1 Å². The van der Waals surface area contributed by atoms with Crippen molar-refractivity contribution in [2.24, 2.45) is 0 Å². The number of nitrogen functional groups attached to an aromatic ring is 1. The van der Waals surface area contributed by atoms with Crippen LogP contribution >= 0.6 is 0 Å². The smallest absolute Gasteiger partial charge is 0.261 e. The number of halogens is 1. The van der Waals surface area contributed by atoms with Gasteiger partial charge in [0.25, 0.3) is 10.0 Å². The summed E-state index contributed by atoms with van der Waals surface area (Å²) in [6.07, 6.45) is 0. The molecular weight excluding hydrogens is 281 g/mol. The summed E-state index contributed by atoms with van der Waals surface area (Å²) in [4.78, 5) is -0.000559. The van der Waals surface area contributed by atoms with Crippen LogP contribution in [0.2, 0.25) is 0 Å². The van der Waals surface area contributed by atoms with Crippen LogP contribution in [0.1, 0.15) is 5.56 Å². The molecule has 0 saturated heterocycles. The van der Waals surface area contributed by atoms with Gasteiger partial charge in [-0.3, -0.25) is 4.72 Å². The number of nitrogens with one attached hydrogen (secondary N) is 1. The van der Waals surface area contributed by atoms with Crippen molar-refractivity contribution >= 4 is 21.4 Å². The van der Waals surface area contributed by atoms with Gasteiger partial charge in [-0.1, -0.05) is 0 Å². The zero-order chi connectivity index (χ0) is 14.8. The monoisotopic (exact) mass is 291 g/mol. The van der Waals surface area contributed by atoms with Gasteiger partial charge in [0.05, 0.1) is 27.9 Å². The van der Waals surface area contributed by atoms with E-state index in [9.17, 15) is 12.8 Å². The topological polar surface area (TPSA) is 96.0 Å². The van der Waals surface area contributed by atoms with Gasteiger partial charge in [0.1, 0.15) is 5.82 Å². The molecule has 2 aromatic rings. The Hall–Kier alpha value is -2.59. The average Bonchev–Trinajstić information content (AvgIpc) is 2.43. The first-order chi connectivity index (χ1) is 9.42. The Kier molecular flexibility index (Phi) is 3.59. The van der Waals surface area contributed by atoms with Crippen LogP contribution in [0.4, 0.5) is 15.8 Å². The minimum absolute atomic E-state index is 0.000559. The van der Waals surface area contributed by atoms with Crippen LogP contribution in [-0.2, 0) is 10.0 Å². The Labute approximate surface area is 115 Å². The Bertz CT molecular complexity index is 780. The summed E-state index contributed by atoms with van der Waals surface area (Å²) < 4.78 is 39.4. The van der Waals surface area contributed by atoms with Crippen molar-refractivity contribution in [3.05, 3.63) is 53.8 Å². The second-order valence-electron chi connectivity index (χ2n) is 3.98. The molecule has 0 aliphatic heterocycles. The number of nitrogens with zero attached hydrogens (tertiary/aromatic N) is 1. The number of benzene rings is 2. The second kappa shape index (κ2) is 5.19. The minimum Gasteiger partial charge on any atom is -0.396 e. The largest absolute Gasteiger partial charge is 0.396 e. The highest BCUT2D eigenvalue weighted by Gasteiger charge is 2.14. The number of anilines is 2. The lowest BCUT2D eigenvalue weighted by Crippen LogP contribution is -2.13. The average molecular weight is 291 g/mol. The summed E-state index contributed by atoms with van der Waals surface area (Å²) >= 11 is 0. The van der Waals surface area contributed by atoms with Gasteiger partial charge in [-0.05, 0) is 42.5 Å². The van der Waals surface area contributed by atoms with E-state index in [0.29, 0.717) is 5.56 Å². The predicted octanol–water partition coefficient (Wildman–Crippen LogP) is 2.08. The molecule has 5 nitrogen and oxygen atoms in total. The van der Waals surface area contributed by atoms with E-state index in [1.165, 1.54) is 36.4 Å². The summed E-state index contributed by atoms with van der Waals surface area (Å²) in [5, 5.41) is 8.66. The molecule has 2 aromatic carbocycles. The fourth-order valence-electron chi connectivity index (χ4n) is 1.53. The van der Waals surface area contributed by atoms with E-state index >= 15 is 0 Å². The van der Waals surface area contributed by atoms with Crippen molar-refractivity contribution in [1.29, 1.82) is 5.26 Å². The summed E-state index contributed by atoms with van der Waals surface area (Å²) in [7, 11) is -3.81. The number of rotatable bonds is 3. The van der Waals surface area contributed by atoms with Crippen molar-refractivity contribution in [3.63, 3.8) is 0 Å². The molecule has 7 heteroatoms. The molecule has 0 heterocycles. The molecule has 2 rings (SSSR count). The maximum Gasteiger partial charge on any atom is 0.261 e. The Morgan fingerprint density at radius 1 is 1.15 bits per heavy atom. The maximum absolute atomic E-state index is 13.0. The SMILES string of the molecule is N#Cc1ccc(S(=O)(=O)Nc2ccc(F)c(N)c2)cc1. The molecule has 0 amide bonds. The molecule has 0 aromatic heterocycles. The van der Waals surface area contributed by atoms with E-state index in [1.54, 1.807) is 0 Å². The Morgan fingerprint density at radius 2 is 1.80 bits per heavy atom. The first-order valence-corrected chi connectivity index (χ1v) is 6.99. The van der Waals surface area contributed by atoms with Crippen molar-refractivity contribution in [2.75, 3.05) is 10.5 Å². The van der Waals surface area contributed by atoms with Gasteiger partial charge in [-0.25, -0.2) is 12.8 Å². The van der Waals surface area contributed by atoms with Crippen molar-refractivity contribution < 1.29 is 12.8 Å². The first-order valence-electron chi connectivity index (χ1n) is 5.50. The first kappa shape index (κ1) is 13.8. The van der Waals surface area contributed by atoms with Gasteiger partial charge < -0.3 is 5.73 Å². The normalized spacial score (nSPS) is 10.8. The summed E-state index contributed by atoms with van der Waals surface area (Å²) in [5.41, 5.74) is 5.74. The number of hydrogen-bond donors (Lipinski definition) is 2. The quantitative estimate of drug-likeness (QED) is 0.846. The maximum atomic E-state index is 13.0. The van der Waals surface area contributed by atoms with Gasteiger partial charge in [0, 0.05) is 0 Å². The highest BCUT2D eigenvalue weighted by Crippen LogP contribution is 2.20. The third-order valence-electron chi connectivity index (χ3n) is 2.54. The zero-order valence-electron chi connectivity index (χ0n) is 10.2. The third-order valence-corrected chi connectivity index (χ3v) is 3.94. The lowest BCUT2D eigenvalue weighted by Gasteiger charge is -2.09. The van der Waals surface area contributed by atoms with Crippen LogP contribution in [0.3, 0.4) is 0 Å². The molecule has 0 spiro atoms. The van der Waals surface area contributed by atoms with Gasteiger partial charge in [-0.15, -0.1) is 0 Å². The molecule has 0 atom stereocenters. The zero-order valence-corrected chi connectivity index (χ0v) is 11.0. The van der Waals surface area contributed by atoms with Crippen molar-refractivity contribution in [3.8, 4) is 6.07 Å². The van der Waals surface area contributed by atoms with E-state index in [-0.39, 0.29) is 16.3 Å². The van der Waals surface area contributed by atoms with Gasteiger partial charge in [0.15, 0.2) is 0 Å². The lowest BCUT2D eigenvalue weighted by molar-refractivity contribution is 0.601.